The maximum atomic E-state index is 13.1. The normalized spacial score (nSPS) is 14.9. The third-order valence-corrected chi connectivity index (χ3v) is 8.05. The van der Waals surface area contributed by atoms with Gasteiger partial charge in [0.05, 0.1) is 4.90 Å². The molecule has 1 amide bonds. The molecule has 9 heteroatoms. The average Bonchev–Trinajstić information content (AvgIpc) is 3.43. The van der Waals surface area contributed by atoms with Gasteiger partial charge in [0, 0.05) is 40.5 Å². The molecule has 0 aliphatic heterocycles. The summed E-state index contributed by atoms with van der Waals surface area (Å²) in [6.07, 6.45) is 7.31. The van der Waals surface area contributed by atoms with Crippen LogP contribution in [0.15, 0.2) is 58.0 Å². The Morgan fingerprint density at radius 3 is 2.79 bits per heavy atom. The van der Waals surface area contributed by atoms with Gasteiger partial charge in [-0.15, -0.1) is 0 Å². The van der Waals surface area contributed by atoms with E-state index in [4.69, 9.17) is 4.42 Å². The Hall–Kier alpha value is -3.14. The zero-order valence-electron chi connectivity index (χ0n) is 18.6. The number of hydroxylamine groups is 1. The maximum Gasteiger partial charge on any atom is 0.261 e. The van der Waals surface area contributed by atoms with Gasteiger partial charge in [-0.2, -0.15) is 4.72 Å². The number of benzene rings is 2. The molecule has 4 aromatic rings. The van der Waals surface area contributed by atoms with Crippen LogP contribution in [0.3, 0.4) is 0 Å². The van der Waals surface area contributed by atoms with Crippen molar-refractivity contribution in [3.05, 3.63) is 65.5 Å². The van der Waals surface area contributed by atoms with E-state index in [0.29, 0.717) is 18.4 Å². The van der Waals surface area contributed by atoms with E-state index in [0.717, 1.165) is 58.9 Å². The van der Waals surface area contributed by atoms with Crippen LogP contribution in [0, 0.1) is 0 Å². The Morgan fingerprint density at radius 1 is 1.12 bits per heavy atom. The van der Waals surface area contributed by atoms with E-state index >= 15 is 0 Å². The summed E-state index contributed by atoms with van der Waals surface area (Å²) < 4.78 is 34.6. The molecule has 2 aromatic heterocycles. The summed E-state index contributed by atoms with van der Waals surface area (Å²) in [5.41, 5.74) is 5.40. The van der Waals surface area contributed by atoms with Gasteiger partial charge in [-0.1, -0.05) is 18.2 Å². The Kier molecular flexibility index (Phi) is 6.16. The van der Waals surface area contributed by atoms with Crippen LogP contribution < -0.4 is 10.2 Å². The molecule has 0 spiro atoms. The number of fused-ring (bicyclic) bond motifs is 4. The Morgan fingerprint density at radius 2 is 1.94 bits per heavy atom. The standard InChI is InChI=1S/C25H27N3O5S/c29-25(27-30)22(10-5-6-16-15-26-21-9-3-1-7-18(16)21)28-34(31,32)17-12-13-20-19-8-2-4-11-23(19)33-24(20)14-17/h1,3,7,9,12-15,22,26,28,30H,2,4-6,8,10-11H2,(H,27,29)/t22-/m0/s1. The number of sulfonamides is 1. The van der Waals surface area contributed by atoms with Gasteiger partial charge in [0.1, 0.15) is 17.4 Å². The quantitative estimate of drug-likeness (QED) is 0.224. The molecule has 1 aliphatic rings. The van der Waals surface area contributed by atoms with E-state index in [1.165, 1.54) is 12.1 Å². The largest absolute Gasteiger partial charge is 0.461 e. The highest BCUT2D eigenvalue weighted by atomic mass is 32.2. The zero-order valence-corrected chi connectivity index (χ0v) is 19.5. The molecule has 1 atom stereocenters. The third-order valence-electron chi connectivity index (χ3n) is 6.58. The predicted molar refractivity (Wildman–Crippen MR) is 128 cm³/mol. The molecule has 34 heavy (non-hydrogen) atoms. The second-order valence-electron chi connectivity index (χ2n) is 8.77. The monoisotopic (exact) mass is 481 g/mol. The van der Waals surface area contributed by atoms with Crippen LogP contribution in [0.4, 0.5) is 0 Å². The van der Waals surface area contributed by atoms with Crippen molar-refractivity contribution < 1.29 is 22.8 Å². The lowest BCUT2D eigenvalue weighted by molar-refractivity contribution is -0.131. The molecule has 8 nitrogen and oxygen atoms in total. The lowest BCUT2D eigenvalue weighted by atomic mass is 9.96. The molecule has 4 N–H and O–H groups in total. The molecule has 0 bridgehead atoms. The van der Waals surface area contributed by atoms with Crippen LogP contribution in [0.25, 0.3) is 21.9 Å². The number of amides is 1. The number of rotatable bonds is 8. The fourth-order valence-electron chi connectivity index (χ4n) is 4.82. The summed E-state index contributed by atoms with van der Waals surface area (Å²) >= 11 is 0. The van der Waals surface area contributed by atoms with Gasteiger partial charge < -0.3 is 9.40 Å². The van der Waals surface area contributed by atoms with Crippen LogP contribution in [0.5, 0.6) is 0 Å². The van der Waals surface area contributed by atoms with Crippen molar-refractivity contribution in [3.63, 3.8) is 0 Å². The number of para-hydroxylation sites is 1. The molecule has 5 rings (SSSR count). The van der Waals surface area contributed by atoms with E-state index in [1.54, 1.807) is 11.5 Å². The third kappa shape index (κ3) is 4.34. The average molecular weight is 482 g/mol. The van der Waals surface area contributed by atoms with Crippen molar-refractivity contribution in [2.75, 3.05) is 0 Å². The van der Waals surface area contributed by atoms with Crippen LogP contribution in [0.1, 0.15) is 42.6 Å². The van der Waals surface area contributed by atoms with E-state index in [-0.39, 0.29) is 11.3 Å². The van der Waals surface area contributed by atoms with E-state index in [1.807, 2.05) is 30.5 Å². The van der Waals surface area contributed by atoms with Crippen molar-refractivity contribution >= 4 is 37.8 Å². The summed E-state index contributed by atoms with van der Waals surface area (Å²) in [5.74, 6) is 0.135. The second-order valence-corrected chi connectivity index (χ2v) is 10.5. The van der Waals surface area contributed by atoms with Gasteiger partial charge in [-0.05, 0) is 62.3 Å². The molecule has 2 heterocycles. The van der Waals surface area contributed by atoms with Crippen molar-refractivity contribution in [2.24, 2.45) is 0 Å². The summed E-state index contributed by atoms with van der Waals surface area (Å²) in [7, 11) is -4.01. The maximum absolute atomic E-state index is 13.1. The molecular formula is C25H27N3O5S. The second kappa shape index (κ2) is 9.25. The van der Waals surface area contributed by atoms with E-state index < -0.39 is 22.0 Å². The minimum Gasteiger partial charge on any atom is -0.461 e. The number of H-pyrrole nitrogens is 1. The smallest absolute Gasteiger partial charge is 0.261 e. The van der Waals surface area contributed by atoms with Crippen molar-refractivity contribution in [3.8, 4) is 0 Å². The predicted octanol–water partition coefficient (Wildman–Crippen LogP) is 3.97. The van der Waals surface area contributed by atoms with E-state index in [9.17, 15) is 18.4 Å². The molecule has 0 unspecified atom stereocenters. The summed E-state index contributed by atoms with van der Waals surface area (Å²) in [4.78, 5) is 15.5. The molecule has 0 saturated carbocycles. The van der Waals surface area contributed by atoms with Gasteiger partial charge >= 0.3 is 0 Å². The SMILES string of the molecule is O=C(NO)[C@H](CCCc1c[nH]c2ccccc12)NS(=O)(=O)c1ccc2c3c(oc2c1)CCCC3. The fraction of sp³-hybridized carbons (Fsp3) is 0.320. The van der Waals surface area contributed by atoms with Gasteiger partial charge in [0.25, 0.3) is 5.91 Å². The number of carbonyl (C=O) groups excluding carboxylic acids is 1. The van der Waals surface area contributed by atoms with Gasteiger partial charge in [0.15, 0.2) is 0 Å². The number of aromatic amines is 1. The minimum atomic E-state index is -4.01. The first-order chi connectivity index (χ1) is 16.5. The number of hydrogen-bond acceptors (Lipinski definition) is 5. The molecule has 0 saturated heterocycles. The summed E-state index contributed by atoms with van der Waals surface area (Å²) in [6, 6.07) is 11.6. The molecule has 178 valence electrons. The lowest BCUT2D eigenvalue weighted by Gasteiger charge is -2.17. The molecule has 0 fully saturated rings. The number of furan rings is 1. The zero-order chi connectivity index (χ0) is 23.7. The lowest BCUT2D eigenvalue weighted by Crippen LogP contribution is -2.45. The van der Waals surface area contributed by atoms with Crippen LogP contribution in [-0.2, 0) is 34.1 Å². The Bertz CT molecular complexity index is 1450. The van der Waals surface area contributed by atoms with Gasteiger partial charge in [0.2, 0.25) is 10.0 Å². The Labute approximate surface area is 197 Å². The molecule has 1 aliphatic carbocycles. The topological polar surface area (TPSA) is 124 Å². The van der Waals surface area contributed by atoms with Gasteiger partial charge in [-0.3, -0.25) is 10.0 Å². The van der Waals surface area contributed by atoms with Crippen molar-refractivity contribution in [2.45, 2.75) is 55.9 Å². The molecular weight excluding hydrogens is 454 g/mol. The summed E-state index contributed by atoms with van der Waals surface area (Å²) in [6.45, 7) is 0. The van der Waals surface area contributed by atoms with Crippen molar-refractivity contribution in [1.29, 1.82) is 0 Å². The highest BCUT2D eigenvalue weighted by molar-refractivity contribution is 7.89. The van der Waals surface area contributed by atoms with Crippen LogP contribution >= 0.6 is 0 Å². The number of aromatic nitrogens is 1. The van der Waals surface area contributed by atoms with Crippen LogP contribution in [0.2, 0.25) is 0 Å². The fourth-order valence-corrected chi connectivity index (χ4v) is 6.07. The first kappa shape index (κ1) is 22.6. The first-order valence-corrected chi connectivity index (χ1v) is 13.0. The minimum absolute atomic E-state index is 0.0264. The highest BCUT2D eigenvalue weighted by Gasteiger charge is 2.27. The molecule has 0 radical (unpaired) electrons. The summed E-state index contributed by atoms with van der Waals surface area (Å²) in [5, 5.41) is 11.2. The number of aryl methyl sites for hydroxylation is 3. The number of hydrogen-bond donors (Lipinski definition) is 4. The highest BCUT2D eigenvalue weighted by Crippen LogP contribution is 2.33. The van der Waals surface area contributed by atoms with E-state index in [2.05, 4.69) is 9.71 Å². The molecule has 2 aromatic carbocycles. The van der Waals surface area contributed by atoms with Crippen LogP contribution in [-0.4, -0.2) is 30.6 Å². The first-order valence-electron chi connectivity index (χ1n) is 11.5. The number of nitrogens with one attached hydrogen (secondary N) is 3. The van der Waals surface area contributed by atoms with Gasteiger partial charge in [-0.25, -0.2) is 13.9 Å². The Balaban J connectivity index is 1.32. The number of carbonyl (C=O) groups is 1. The van der Waals surface area contributed by atoms with Crippen molar-refractivity contribution in [1.82, 2.24) is 15.2 Å².